The molecule has 0 atom stereocenters. The molecule has 0 bridgehead atoms. The summed E-state index contributed by atoms with van der Waals surface area (Å²) in [5.74, 6) is -0.193. The molecule has 0 aliphatic heterocycles. The predicted octanol–water partition coefficient (Wildman–Crippen LogP) is 2.37. The number of halogens is 1. The smallest absolute Gasteiger partial charge is 0.229 e. The number of benzene rings is 1. The van der Waals surface area contributed by atoms with Crippen LogP contribution in [-0.2, 0) is 16.0 Å². The Morgan fingerprint density at radius 2 is 2.28 bits per heavy atom. The van der Waals surface area contributed by atoms with Crippen molar-refractivity contribution in [2.24, 2.45) is 0 Å². The Bertz CT molecular complexity index is 592. The molecule has 18 heavy (non-hydrogen) atoms. The van der Waals surface area contributed by atoms with Gasteiger partial charge in [0.25, 0.3) is 0 Å². The highest BCUT2D eigenvalue weighted by Crippen LogP contribution is 2.25. The molecule has 5 heteroatoms. The third-order valence-electron chi connectivity index (χ3n) is 2.91. The third kappa shape index (κ3) is 2.38. The van der Waals surface area contributed by atoms with Crippen LogP contribution in [0.5, 0.6) is 0 Å². The maximum atomic E-state index is 11.5. The van der Waals surface area contributed by atoms with E-state index < -0.39 is 0 Å². The number of aryl methyl sites for hydroxylation is 1. The minimum atomic E-state index is -0.193. The van der Waals surface area contributed by atoms with Gasteiger partial charge in [-0.2, -0.15) is 0 Å². The van der Waals surface area contributed by atoms with Crippen LogP contribution < -0.4 is 0 Å². The number of carbonyl (C=O) groups is 2. The van der Waals surface area contributed by atoms with Crippen LogP contribution in [0.15, 0.2) is 24.4 Å². The summed E-state index contributed by atoms with van der Waals surface area (Å²) in [6.07, 6.45) is 3.26. The van der Waals surface area contributed by atoms with Crippen molar-refractivity contribution in [3.8, 4) is 0 Å². The lowest BCUT2D eigenvalue weighted by atomic mass is 10.1. The van der Waals surface area contributed by atoms with Gasteiger partial charge in [0.1, 0.15) is 0 Å². The number of amides is 2. The van der Waals surface area contributed by atoms with Crippen LogP contribution >= 0.6 is 11.6 Å². The maximum absolute atomic E-state index is 11.5. The molecule has 0 saturated heterocycles. The van der Waals surface area contributed by atoms with Crippen LogP contribution in [0.25, 0.3) is 10.9 Å². The summed E-state index contributed by atoms with van der Waals surface area (Å²) in [5.41, 5.74) is 1.91. The highest BCUT2D eigenvalue weighted by atomic mass is 35.5. The largest absolute Gasteiger partial charge is 0.360 e. The zero-order valence-electron chi connectivity index (χ0n) is 9.94. The molecule has 94 valence electrons. The summed E-state index contributed by atoms with van der Waals surface area (Å²) < 4.78 is 0. The first-order valence-electron chi connectivity index (χ1n) is 5.59. The molecule has 0 radical (unpaired) electrons. The third-order valence-corrected chi connectivity index (χ3v) is 3.22. The number of aromatic amines is 1. The van der Waals surface area contributed by atoms with Crippen molar-refractivity contribution in [3.63, 3.8) is 0 Å². The normalized spacial score (nSPS) is 10.6. The molecule has 1 heterocycles. The van der Waals surface area contributed by atoms with Crippen molar-refractivity contribution in [1.82, 2.24) is 9.88 Å². The molecule has 0 unspecified atom stereocenters. The number of para-hydroxylation sites is 1. The second kappa shape index (κ2) is 5.23. The van der Waals surface area contributed by atoms with Gasteiger partial charge in [0.15, 0.2) is 0 Å². The SMILES string of the molecule is CN(C=O)C(=O)CCc1c[nH]c2c(Cl)cccc12. The molecule has 0 saturated carbocycles. The molecule has 0 fully saturated rings. The summed E-state index contributed by atoms with van der Waals surface area (Å²) in [6, 6.07) is 5.65. The summed E-state index contributed by atoms with van der Waals surface area (Å²) in [7, 11) is 1.46. The van der Waals surface area contributed by atoms with E-state index in [-0.39, 0.29) is 5.91 Å². The number of nitrogens with zero attached hydrogens (tertiary/aromatic N) is 1. The number of hydrogen-bond acceptors (Lipinski definition) is 2. The number of H-pyrrole nitrogens is 1. The average Bonchev–Trinajstić information content (AvgIpc) is 2.79. The molecule has 0 spiro atoms. The standard InChI is InChI=1S/C13H13ClN2O2/c1-16(8-17)12(18)6-5-9-7-15-13-10(9)3-2-4-11(13)14/h2-4,7-8,15H,5-6H2,1H3. The molecular weight excluding hydrogens is 252 g/mol. The Balaban J connectivity index is 2.16. The van der Waals surface area contributed by atoms with Crippen molar-refractivity contribution < 1.29 is 9.59 Å². The molecular formula is C13H13ClN2O2. The molecule has 1 aromatic heterocycles. The Hall–Kier alpha value is -1.81. The van der Waals surface area contributed by atoms with Crippen LogP contribution in [0.3, 0.4) is 0 Å². The minimum absolute atomic E-state index is 0.193. The Labute approximate surface area is 110 Å². The first-order chi connectivity index (χ1) is 8.63. The lowest BCUT2D eigenvalue weighted by Gasteiger charge is -2.07. The fraction of sp³-hybridized carbons (Fsp3) is 0.231. The topological polar surface area (TPSA) is 53.2 Å². The molecule has 1 aromatic carbocycles. The molecule has 1 N–H and O–H groups in total. The highest BCUT2D eigenvalue weighted by Gasteiger charge is 2.10. The zero-order valence-corrected chi connectivity index (χ0v) is 10.7. The summed E-state index contributed by atoms with van der Waals surface area (Å²) in [4.78, 5) is 26.1. The van der Waals surface area contributed by atoms with Gasteiger partial charge >= 0.3 is 0 Å². The van der Waals surface area contributed by atoms with Gasteiger partial charge in [0.05, 0.1) is 10.5 Å². The van der Waals surface area contributed by atoms with E-state index in [1.54, 1.807) is 0 Å². The quantitative estimate of drug-likeness (QED) is 0.862. The van der Waals surface area contributed by atoms with Crippen LogP contribution in [-0.4, -0.2) is 29.2 Å². The number of nitrogens with one attached hydrogen (secondary N) is 1. The van der Waals surface area contributed by atoms with Gasteiger partial charge in [0.2, 0.25) is 12.3 Å². The monoisotopic (exact) mass is 264 g/mol. The Morgan fingerprint density at radius 3 is 3.00 bits per heavy atom. The van der Waals surface area contributed by atoms with Crippen LogP contribution in [0, 0.1) is 0 Å². The Kier molecular flexibility index (Phi) is 3.67. The highest BCUT2D eigenvalue weighted by molar-refractivity contribution is 6.35. The van der Waals surface area contributed by atoms with E-state index in [1.807, 2.05) is 24.4 Å². The van der Waals surface area contributed by atoms with Crippen molar-refractivity contribution in [3.05, 3.63) is 35.0 Å². The van der Waals surface area contributed by atoms with E-state index in [4.69, 9.17) is 11.6 Å². The number of rotatable bonds is 4. The minimum Gasteiger partial charge on any atom is -0.360 e. The first-order valence-corrected chi connectivity index (χ1v) is 5.96. The number of imide groups is 1. The van der Waals surface area contributed by atoms with Crippen LogP contribution in [0.1, 0.15) is 12.0 Å². The van der Waals surface area contributed by atoms with Crippen molar-refractivity contribution >= 4 is 34.8 Å². The number of fused-ring (bicyclic) bond motifs is 1. The lowest BCUT2D eigenvalue weighted by Crippen LogP contribution is -2.24. The van der Waals surface area contributed by atoms with Gasteiger partial charge in [-0.15, -0.1) is 0 Å². The fourth-order valence-electron chi connectivity index (χ4n) is 1.86. The predicted molar refractivity (Wildman–Crippen MR) is 70.5 cm³/mol. The van der Waals surface area contributed by atoms with E-state index in [9.17, 15) is 9.59 Å². The second-order valence-electron chi connectivity index (χ2n) is 4.09. The van der Waals surface area contributed by atoms with Crippen molar-refractivity contribution in [2.75, 3.05) is 7.05 Å². The van der Waals surface area contributed by atoms with E-state index >= 15 is 0 Å². The van der Waals surface area contributed by atoms with Crippen LogP contribution in [0.2, 0.25) is 5.02 Å². The van der Waals surface area contributed by atoms with Crippen molar-refractivity contribution in [1.29, 1.82) is 0 Å². The second-order valence-corrected chi connectivity index (χ2v) is 4.49. The summed E-state index contributed by atoms with van der Waals surface area (Å²) in [5, 5.41) is 1.68. The van der Waals surface area contributed by atoms with Gasteiger partial charge in [0, 0.05) is 25.1 Å². The van der Waals surface area contributed by atoms with E-state index in [1.165, 1.54) is 7.05 Å². The zero-order chi connectivity index (χ0) is 13.1. The fourth-order valence-corrected chi connectivity index (χ4v) is 2.09. The van der Waals surface area contributed by atoms with Crippen molar-refractivity contribution in [2.45, 2.75) is 12.8 Å². The number of hydrogen-bond donors (Lipinski definition) is 1. The molecule has 2 rings (SSSR count). The molecule has 4 nitrogen and oxygen atoms in total. The number of carbonyl (C=O) groups excluding carboxylic acids is 2. The van der Waals surface area contributed by atoms with Gasteiger partial charge in [-0.3, -0.25) is 14.5 Å². The summed E-state index contributed by atoms with van der Waals surface area (Å²) in [6.45, 7) is 0. The first kappa shape index (κ1) is 12.6. The number of aromatic nitrogens is 1. The van der Waals surface area contributed by atoms with Gasteiger partial charge in [-0.05, 0) is 18.1 Å². The maximum Gasteiger partial charge on any atom is 0.229 e. The molecule has 2 aromatic rings. The average molecular weight is 265 g/mol. The lowest BCUT2D eigenvalue weighted by molar-refractivity contribution is -0.136. The molecule has 2 amide bonds. The van der Waals surface area contributed by atoms with Gasteiger partial charge in [-0.1, -0.05) is 23.7 Å². The Morgan fingerprint density at radius 1 is 1.50 bits per heavy atom. The summed E-state index contributed by atoms with van der Waals surface area (Å²) >= 11 is 6.05. The van der Waals surface area contributed by atoms with E-state index in [0.29, 0.717) is 24.3 Å². The molecule has 0 aliphatic rings. The van der Waals surface area contributed by atoms with E-state index in [0.717, 1.165) is 21.4 Å². The van der Waals surface area contributed by atoms with Gasteiger partial charge in [-0.25, -0.2) is 0 Å². The van der Waals surface area contributed by atoms with Crippen LogP contribution in [0.4, 0.5) is 0 Å². The molecule has 0 aliphatic carbocycles. The van der Waals surface area contributed by atoms with E-state index in [2.05, 4.69) is 4.98 Å². The van der Waals surface area contributed by atoms with Gasteiger partial charge < -0.3 is 4.98 Å².